The van der Waals surface area contributed by atoms with Crippen molar-refractivity contribution in [3.8, 4) is 0 Å². The number of nitrogen functional groups attached to an aromatic ring is 1. The molecule has 0 aliphatic carbocycles. The highest BCUT2D eigenvalue weighted by Gasteiger charge is 2.00. The Balaban J connectivity index is 0. The third kappa shape index (κ3) is 6.46. The van der Waals surface area contributed by atoms with Gasteiger partial charge in [-0.05, 0) is 19.8 Å². The van der Waals surface area contributed by atoms with Gasteiger partial charge in [-0.1, -0.05) is 19.1 Å². The van der Waals surface area contributed by atoms with Crippen LogP contribution >= 0.6 is 24.8 Å². The van der Waals surface area contributed by atoms with E-state index in [1.54, 1.807) is 6.20 Å². The molecule has 98 valence electrons. The quantitative estimate of drug-likeness (QED) is 0.885. The van der Waals surface area contributed by atoms with Gasteiger partial charge in [0.15, 0.2) is 0 Å². The number of rotatable bonds is 4. The average Bonchev–Trinajstić information content (AvgIpc) is 2.19. The molecule has 0 saturated heterocycles. The highest BCUT2D eigenvalue weighted by Crippen LogP contribution is 2.09. The Morgan fingerprint density at radius 1 is 1.41 bits per heavy atom. The van der Waals surface area contributed by atoms with Gasteiger partial charge in [-0.2, -0.15) is 0 Å². The second kappa shape index (κ2) is 9.22. The molecule has 0 aliphatic heterocycles. The van der Waals surface area contributed by atoms with Crippen molar-refractivity contribution in [2.45, 2.75) is 32.7 Å². The van der Waals surface area contributed by atoms with Crippen LogP contribution in [0.2, 0.25) is 0 Å². The molecule has 0 bridgehead atoms. The van der Waals surface area contributed by atoms with Gasteiger partial charge in [-0.3, -0.25) is 0 Å². The summed E-state index contributed by atoms with van der Waals surface area (Å²) in [5, 5.41) is 0. The maximum atomic E-state index is 5.65. The Morgan fingerprint density at radius 2 is 2.06 bits per heavy atom. The van der Waals surface area contributed by atoms with Crippen molar-refractivity contribution in [1.29, 1.82) is 0 Å². The molecule has 0 aromatic carbocycles. The zero-order chi connectivity index (χ0) is 11.3. The number of anilines is 1. The van der Waals surface area contributed by atoms with Gasteiger partial charge >= 0.3 is 0 Å². The lowest BCUT2D eigenvalue weighted by molar-refractivity contribution is 0.759. The largest absolute Gasteiger partial charge is 0.368 e. The zero-order valence-electron chi connectivity index (χ0n) is 10.1. The number of hydrogen-bond acceptors (Lipinski definition) is 4. The van der Waals surface area contributed by atoms with Crippen LogP contribution in [0.1, 0.15) is 31.5 Å². The monoisotopic (exact) mass is 278 g/mol. The fraction of sp³-hybridized carbons (Fsp3) is 0.455. The second-order valence-corrected chi connectivity index (χ2v) is 3.60. The van der Waals surface area contributed by atoms with E-state index in [1.807, 2.05) is 26.0 Å². The van der Waals surface area contributed by atoms with Gasteiger partial charge in [0.1, 0.15) is 0 Å². The van der Waals surface area contributed by atoms with Crippen LogP contribution in [0.5, 0.6) is 0 Å². The maximum Gasteiger partial charge on any atom is 0.220 e. The first-order valence-electron chi connectivity index (χ1n) is 5.17. The molecule has 1 aromatic rings. The van der Waals surface area contributed by atoms with Crippen LogP contribution in [0, 0.1) is 0 Å². The topological polar surface area (TPSA) is 77.8 Å². The van der Waals surface area contributed by atoms with E-state index < -0.39 is 0 Å². The Kier molecular flexibility index (Phi) is 10.0. The first kappa shape index (κ1) is 18.5. The summed E-state index contributed by atoms with van der Waals surface area (Å²) in [5.74, 6) is 0.330. The number of hydrogen-bond donors (Lipinski definition) is 2. The standard InChI is InChI=1S/C11H18N4.2ClH/c1-3-10-9(6-4-5-8(2)12)7-14-11(13)15-10;;/h4,6-8H,3,5,12H2,1-2H3,(H2,13,14,15);2*1H/b6-4+;;/t8-;;/m0../s1. The first-order chi connectivity index (χ1) is 7.13. The van der Waals surface area contributed by atoms with E-state index in [0.717, 1.165) is 24.1 Å². The van der Waals surface area contributed by atoms with E-state index in [2.05, 4.69) is 9.97 Å². The number of nitrogens with two attached hydrogens (primary N) is 2. The predicted molar refractivity (Wildman–Crippen MR) is 77.6 cm³/mol. The molecule has 0 amide bonds. The van der Waals surface area contributed by atoms with E-state index in [1.165, 1.54) is 0 Å². The molecule has 0 spiro atoms. The minimum Gasteiger partial charge on any atom is -0.368 e. The van der Waals surface area contributed by atoms with Crippen molar-refractivity contribution in [1.82, 2.24) is 9.97 Å². The summed E-state index contributed by atoms with van der Waals surface area (Å²) in [6, 6.07) is 0.182. The van der Waals surface area contributed by atoms with Crippen LogP contribution < -0.4 is 11.5 Å². The summed E-state index contributed by atoms with van der Waals surface area (Å²) in [4.78, 5) is 8.14. The summed E-state index contributed by atoms with van der Waals surface area (Å²) in [6.45, 7) is 4.02. The summed E-state index contributed by atoms with van der Waals surface area (Å²) < 4.78 is 0. The first-order valence-corrected chi connectivity index (χ1v) is 5.17. The Morgan fingerprint density at radius 3 is 2.59 bits per heavy atom. The summed E-state index contributed by atoms with van der Waals surface area (Å²) in [7, 11) is 0. The van der Waals surface area contributed by atoms with E-state index in [4.69, 9.17) is 11.5 Å². The summed E-state index contributed by atoms with van der Waals surface area (Å²) >= 11 is 0. The lowest BCUT2D eigenvalue weighted by Crippen LogP contribution is -2.12. The van der Waals surface area contributed by atoms with Crippen molar-refractivity contribution in [2.24, 2.45) is 5.73 Å². The van der Waals surface area contributed by atoms with Gasteiger partial charge in [0.05, 0.1) is 5.69 Å². The third-order valence-corrected chi connectivity index (χ3v) is 2.06. The van der Waals surface area contributed by atoms with Crippen molar-refractivity contribution >= 4 is 36.8 Å². The minimum atomic E-state index is 0. The van der Waals surface area contributed by atoms with Crippen LogP contribution in [0.4, 0.5) is 5.95 Å². The van der Waals surface area contributed by atoms with Crippen molar-refractivity contribution < 1.29 is 0 Å². The van der Waals surface area contributed by atoms with Crippen molar-refractivity contribution in [2.75, 3.05) is 5.73 Å². The van der Waals surface area contributed by atoms with E-state index in [-0.39, 0.29) is 30.9 Å². The average molecular weight is 279 g/mol. The SMILES string of the molecule is CCc1nc(N)ncc1/C=C/C[C@H](C)N.Cl.Cl. The van der Waals surface area contributed by atoms with Crippen LogP contribution in [0.3, 0.4) is 0 Å². The minimum absolute atomic E-state index is 0. The molecule has 0 radical (unpaired) electrons. The molecule has 0 aliphatic rings. The molecule has 1 rings (SSSR count). The zero-order valence-corrected chi connectivity index (χ0v) is 11.7. The Bertz CT molecular complexity index is 353. The molecular weight excluding hydrogens is 259 g/mol. The van der Waals surface area contributed by atoms with E-state index in [0.29, 0.717) is 5.95 Å². The van der Waals surface area contributed by atoms with Gasteiger partial charge in [-0.25, -0.2) is 9.97 Å². The van der Waals surface area contributed by atoms with Gasteiger partial charge < -0.3 is 11.5 Å². The van der Waals surface area contributed by atoms with E-state index >= 15 is 0 Å². The van der Waals surface area contributed by atoms with E-state index in [9.17, 15) is 0 Å². The molecule has 0 unspecified atom stereocenters. The van der Waals surface area contributed by atoms with Gasteiger partial charge in [0.25, 0.3) is 0 Å². The van der Waals surface area contributed by atoms with Crippen LogP contribution in [-0.2, 0) is 6.42 Å². The third-order valence-electron chi connectivity index (χ3n) is 2.06. The molecule has 4 N–H and O–H groups in total. The second-order valence-electron chi connectivity index (χ2n) is 3.60. The molecule has 6 heteroatoms. The summed E-state index contributed by atoms with van der Waals surface area (Å²) in [5.41, 5.74) is 13.2. The highest BCUT2D eigenvalue weighted by molar-refractivity contribution is 5.85. The van der Waals surface area contributed by atoms with Crippen LogP contribution in [-0.4, -0.2) is 16.0 Å². The Hall–Kier alpha value is -0.840. The molecule has 1 aromatic heterocycles. The summed E-state index contributed by atoms with van der Waals surface area (Å²) in [6.07, 6.45) is 7.50. The lowest BCUT2D eigenvalue weighted by atomic mass is 10.1. The smallest absolute Gasteiger partial charge is 0.220 e. The van der Waals surface area contributed by atoms with Crippen LogP contribution in [0.25, 0.3) is 6.08 Å². The number of aromatic nitrogens is 2. The molecule has 17 heavy (non-hydrogen) atoms. The number of aryl methyl sites for hydroxylation is 1. The molecule has 0 fully saturated rings. The number of nitrogens with zero attached hydrogens (tertiary/aromatic N) is 2. The van der Waals surface area contributed by atoms with Gasteiger partial charge in [-0.15, -0.1) is 24.8 Å². The Labute approximate surface area is 115 Å². The lowest BCUT2D eigenvalue weighted by Gasteiger charge is -2.03. The normalized spacial score (nSPS) is 11.7. The molecular formula is C11H20Cl2N4. The fourth-order valence-electron chi connectivity index (χ4n) is 1.27. The molecule has 0 saturated carbocycles. The predicted octanol–water partition coefficient (Wildman–Crippen LogP) is 2.22. The molecule has 4 nitrogen and oxygen atoms in total. The number of halogens is 2. The highest BCUT2D eigenvalue weighted by atomic mass is 35.5. The van der Waals surface area contributed by atoms with Gasteiger partial charge in [0.2, 0.25) is 5.95 Å². The van der Waals surface area contributed by atoms with Crippen molar-refractivity contribution in [3.63, 3.8) is 0 Å². The maximum absolute atomic E-state index is 5.65. The fourth-order valence-corrected chi connectivity index (χ4v) is 1.27. The van der Waals surface area contributed by atoms with Crippen molar-refractivity contribution in [3.05, 3.63) is 23.5 Å². The molecule has 1 atom stereocenters. The van der Waals surface area contributed by atoms with Gasteiger partial charge in [0, 0.05) is 17.8 Å². The molecule has 1 heterocycles. The van der Waals surface area contributed by atoms with Crippen LogP contribution in [0.15, 0.2) is 12.3 Å².